The number of allylic oxidation sites excluding steroid dienone is 1. The van der Waals surface area contributed by atoms with Crippen LogP contribution in [0.5, 0.6) is 0 Å². The molecule has 24 heavy (non-hydrogen) atoms. The maximum atomic E-state index is 4.64. The zero-order chi connectivity index (χ0) is 16.3. The molecule has 0 saturated carbocycles. The minimum absolute atomic E-state index is 0. The zero-order valence-corrected chi connectivity index (χ0v) is 17.1. The van der Waals surface area contributed by atoms with Crippen molar-refractivity contribution in [3.8, 4) is 0 Å². The van der Waals surface area contributed by atoms with Crippen molar-refractivity contribution in [3.63, 3.8) is 0 Å². The predicted molar refractivity (Wildman–Crippen MR) is 113 cm³/mol. The fourth-order valence-corrected chi connectivity index (χ4v) is 2.72. The number of hydrogen-bond donors (Lipinski definition) is 2. The summed E-state index contributed by atoms with van der Waals surface area (Å²) in [6.07, 6.45) is 9.29. The molecular formula is C18H30IN5. The zero-order valence-electron chi connectivity index (χ0n) is 14.7. The van der Waals surface area contributed by atoms with Gasteiger partial charge < -0.3 is 15.5 Å². The molecule has 0 bridgehead atoms. The van der Waals surface area contributed by atoms with Crippen LogP contribution in [-0.4, -0.2) is 43.2 Å². The van der Waals surface area contributed by atoms with Gasteiger partial charge in [-0.15, -0.1) is 24.0 Å². The van der Waals surface area contributed by atoms with Gasteiger partial charge in [-0.25, -0.2) is 4.98 Å². The van der Waals surface area contributed by atoms with Crippen molar-refractivity contribution in [3.05, 3.63) is 36.5 Å². The first-order chi connectivity index (χ1) is 11.3. The van der Waals surface area contributed by atoms with Crippen molar-refractivity contribution in [2.24, 2.45) is 4.99 Å². The number of anilines is 1. The molecule has 0 atom stereocenters. The lowest BCUT2D eigenvalue weighted by Gasteiger charge is -2.33. The Bertz CT molecular complexity index is 495. The van der Waals surface area contributed by atoms with E-state index in [2.05, 4.69) is 50.7 Å². The minimum atomic E-state index is 0. The number of nitrogens with zero attached hydrogens (tertiary/aromatic N) is 3. The van der Waals surface area contributed by atoms with Gasteiger partial charge in [0.25, 0.3) is 0 Å². The van der Waals surface area contributed by atoms with Crippen LogP contribution < -0.4 is 15.5 Å². The largest absolute Gasteiger partial charge is 0.357 e. The van der Waals surface area contributed by atoms with Crippen molar-refractivity contribution in [2.45, 2.75) is 39.2 Å². The van der Waals surface area contributed by atoms with Gasteiger partial charge in [-0.05, 0) is 45.2 Å². The summed E-state index contributed by atoms with van der Waals surface area (Å²) in [6.45, 7) is 7.93. The number of aromatic nitrogens is 1. The van der Waals surface area contributed by atoms with E-state index in [1.54, 1.807) is 0 Å². The van der Waals surface area contributed by atoms with Crippen molar-refractivity contribution >= 4 is 35.8 Å². The predicted octanol–water partition coefficient (Wildman–Crippen LogP) is 3.19. The number of piperidine rings is 1. The van der Waals surface area contributed by atoms with Gasteiger partial charge in [0.15, 0.2) is 5.96 Å². The van der Waals surface area contributed by atoms with Crippen LogP contribution in [0.25, 0.3) is 0 Å². The molecule has 0 aromatic carbocycles. The number of halogens is 1. The molecule has 0 unspecified atom stereocenters. The van der Waals surface area contributed by atoms with Crippen molar-refractivity contribution < 1.29 is 0 Å². The highest BCUT2D eigenvalue weighted by atomic mass is 127. The van der Waals surface area contributed by atoms with Gasteiger partial charge in [-0.3, -0.25) is 4.99 Å². The first-order valence-electron chi connectivity index (χ1n) is 8.65. The van der Waals surface area contributed by atoms with Crippen molar-refractivity contribution in [1.29, 1.82) is 0 Å². The maximum Gasteiger partial charge on any atom is 0.191 e. The summed E-state index contributed by atoms with van der Waals surface area (Å²) in [7, 11) is 0. The lowest BCUT2D eigenvalue weighted by Crippen LogP contribution is -2.49. The second kappa shape index (κ2) is 12.1. The molecule has 2 rings (SSSR count). The molecule has 1 aromatic rings. The summed E-state index contributed by atoms with van der Waals surface area (Å²) in [5.74, 6) is 2.02. The third-order valence-corrected chi connectivity index (χ3v) is 3.95. The molecule has 1 aromatic heterocycles. The number of nitrogens with one attached hydrogen (secondary N) is 2. The highest BCUT2D eigenvalue weighted by molar-refractivity contribution is 14.0. The molecule has 0 amide bonds. The smallest absolute Gasteiger partial charge is 0.191 e. The van der Waals surface area contributed by atoms with Gasteiger partial charge in [0.05, 0.1) is 0 Å². The standard InChI is InChI=1S/C18H29N5.HI/c1-3-5-7-13-21-18(19-4-2)22-16-10-14-23(15-11-16)17-9-6-8-12-20-17;/h3,5-6,8-9,12,16H,4,7,10-11,13-15H2,1-2H3,(H2,19,21,22);1H. The summed E-state index contributed by atoms with van der Waals surface area (Å²) < 4.78 is 0. The minimum Gasteiger partial charge on any atom is -0.357 e. The molecule has 1 aliphatic heterocycles. The van der Waals surface area contributed by atoms with E-state index in [1.807, 2.05) is 25.3 Å². The molecule has 0 spiro atoms. The molecule has 1 fully saturated rings. The molecular weight excluding hydrogens is 413 g/mol. The molecule has 0 aliphatic carbocycles. The maximum absolute atomic E-state index is 4.64. The third-order valence-electron chi connectivity index (χ3n) is 3.95. The van der Waals surface area contributed by atoms with Crippen LogP contribution in [0.3, 0.4) is 0 Å². The number of guanidine groups is 1. The molecule has 0 radical (unpaired) electrons. The average molecular weight is 443 g/mol. The van der Waals surface area contributed by atoms with E-state index < -0.39 is 0 Å². The second-order valence-corrected chi connectivity index (χ2v) is 5.71. The molecule has 6 heteroatoms. The highest BCUT2D eigenvalue weighted by Gasteiger charge is 2.20. The summed E-state index contributed by atoms with van der Waals surface area (Å²) in [5, 5.41) is 6.91. The van der Waals surface area contributed by atoms with Gasteiger partial charge in [0.2, 0.25) is 0 Å². The SMILES string of the molecule is CC=CCCN=C(NCC)NC1CCN(c2ccccn2)CC1.I. The monoisotopic (exact) mass is 443 g/mol. The van der Waals surface area contributed by atoms with Crippen LogP contribution in [0.15, 0.2) is 41.5 Å². The Hall–Kier alpha value is -1.31. The lowest BCUT2D eigenvalue weighted by atomic mass is 10.1. The van der Waals surface area contributed by atoms with E-state index in [4.69, 9.17) is 0 Å². The van der Waals surface area contributed by atoms with Crippen LogP contribution in [0.2, 0.25) is 0 Å². The molecule has 134 valence electrons. The summed E-state index contributed by atoms with van der Waals surface area (Å²) in [5.41, 5.74) is 0. The topological polar surface area (TPSA) is 52.6 Å². The number of pyridine rings is 1. The Morgan fingerprint density at radius 1 is 1.38 bits per heavy atom. The van der Waals surface area contributed by atoms with Crippen LogP contribution in [0.4, 0.5) is 5.82 Å². The second-order valence-electron chi connectivity index (χ2n) is 5.71. The molecule has 1 saturated heterocycles. The number of rotatable bonds is 6. The van der Waals surface area contributed by atoms with Gasteiger partial charge in [0, 0.05) is 38.4 Å². The third kappa shape index (κ3) is 7.07. The van der Waals surface area contributed by atoms with E-state index in [0.29, 0.717) is 6.04 Å². The van der Waals surface area contributed by atoms with E-state index in [0.717, 1.165) is 57.2 Å². The van der Waals surface area contributed by atoms with Gasteiger partial charge >= 0.3 is 0 Å². The fraction of sp³-hybridized carbons (Fsp3) is 0.556. The summed E-state index contributed by atoms with van der Waals surface area (Å²) in [4.78, 5) is 11.4. The molecule has 2 N–H and O–H groups in total. The van der Waals surface area contributed by atoms with E-state index in [9.17, 15) is 0 Å². The van der Waals surface area contributed by atoms with Crippen molar-refractivity contribution in [2.75, 3.05) is 31.1 Å². The van der Waals surface area contributed by atoms with Gasteiger partial charge in [-0.2, -0.15) is 0 Å². The van der Waals surface area contributed by atoms with Crippen molar-refractivity contribution in [1.82, 2.24) is 15.6 Å². The summed E-state index contributed by atoms with van der Waals surface area (Å²) >= 11 is 0. The van der Waals surface area contributed by atoms with Crippen LogP contribution in [-0.2, 0) is 0 Å². The van der Waals surface area contributed by atoms with Crippen LogP contribution in [0, 0.1) is 0 Å². The van der Waals surface area contributed by atoms with E-state index >= 15 is 0 Å². The average Bonchev–Trinajstić information content (AvgIpc) is 2.60. The van der Waals surface area contributed by atoms with E-state index in [-0.39, 0.29) is 24.0 Å². The molecule has 1 aliphatic rings. The van der Waals surface area contributed by atoms with Gasteiger partial charge in [-0.1, -0.05) is 18.2 Å². The number of aliphatic imine (C=N–C) groups is 1. The summed E-state index contributed by atoms with van der Waals surface area (Å²) in [6, 6.07) is 6.58. The van der Waals surface area contributed by atoms with Gasteiger partial charge in [0.1, 0.15) is 5.82 Å². The lowest BCUT2D eigenvalue weighted by molar-refractivity contribution is 0.459. The molecule has 2 heterocycles. The highest BCUT2D eigenvalue weighted by Crippen LogP contribution is 2.17. The van der Waals surface area contributed by atoms with Crippen LogP contribution >= 0.6 is 24.0 Å². The Morgan fingerprint density at radius 3 is 2.79 bits per heavy atom. The van der Waals surface area contributed by atoms with E-state index in [1.165, 1.54) is 0 Å². The Morgan fingerprint density at radius 2 is 2.17 bits per heavy atom. The van der Waals surface area contributed by atoms with Crippen LogP contribution in [0.1, 0.15) is 33.1 Å². The first kappa shape index (κ1) is 20.7. The quantitative estimate of drug-likeness (QED) is 0.233. The number of hydrogen-bond acceptors (Lipinski definition) is 3. The first-order valence-corrected chi connectivity index (χ1v) is 8.65. The Balaban J connectivity index is 0.00000288. The Labute approximate surface area is 163 Å². The Kier molecular flexibility index (Phi) is 10.5. The normalized spacial score (nSPS) is 16.1. The fourth-order valence-electron chi connectivity index (χ4n) is 2.72. The molecule has 5 nitrogen and oxygen atoms in total.